The van der Waals surface area contributed by atoms with Crippen LogP contribution >= 0.6 is 0 Å². The van der Waals surface area contributed by atoms with Gasteiger partial charge in [0.2, 0.25) is 0 Å². The Balaban J connectivity index is 1.73. The van der Waals surface area contributed by atoms with Gasteiger partial charge in [-0.3, -0.25) is 4.90 Å². The van der Waals surface area contributed by atoms with Crippen LogP contribution in [0.25, 0.3) is 0 Å². The van der Waals surface area contributed by atoms with Gasteiger partial charge in [0.1, 0.15) is 12.4 Å². The third-order valence-corrected chi connectivity index (χ3v) is 3.72. The Morgan fingerprint density at radius 1 is 1.42 bits per heavy atom. The zero-order valence-corrected chi connectivity index (χ0v) is 11.4. The SMILES string of the molecule is CC1CN(CCOc2ccc(C#N)cc2)CCC1N. The van der Waals surface area contributed by atoms with Gasteiger partial charge in [0.15, 0.2) is 0 Å². The first-order valence-electron chi connectivity index (χ1n) is 6.80. The number of nitriles is 1. The average molecular weight is 259 g/mol. The Morgan fingerprint density at radius 3 is 2.79 bits per heavy atom. The van der Waals surface area contributed by atoms with E-state index in [-0.39, 0.29) is 0 Å². The van der Waals surface area contributed by atoms with Gasteiger partial charge in [0.25, 0.3) is 0 Å². The second-order valence-corrected chi connectivity index (χ2v) is 5.22. The predicted octanol–water partition coefficient (Wildman–Crippen LogP) is 1.61. The van der Waals surface area contributed by atoms with Gasteiger partial charge in [-0.15, -0.1) is 0 Å². The van der Waals surface area contributed by atoms with Gasteiger partial charge < -0.3 is 10.5 Å². The van der Waals surface area contributed by atoms with Crippen LogP contribution in [0.1, 0.15) is 18.9 Å². The summed E-state index contributed by atoms with van der Waals surface area (Å²) in [5.41, 5.74) is 6.66. The van der Waals surface area contributed by atoms with Crippen molar-refractivity contribution in [1.82, 2.24) is 4.90 Å². The van der Waals surface area contributed by atoms with Crippen molar-refractivity contribution in [2.75, 3.05) is 26.2 Å². The third kappa shape index (κ3) is 3.95. The zero-order chi connectivity index (χ0) is 13.7. The maximum Gasteiger partial charge on any atom is 0.119 e. The van der Waals surface area contributed by atoms with Gasteiger partial charge in [0.05, 0.1) is 11.6 Å². The average Bonchev–Trinajstić information content (AvgIpc) is 2.43. The Labute approximate surface area is 114 Å². The summed E-state index contributed by atoms with van der Waals surface area (Å²) in [6, 6.07) is 9.67. The minimum atomic E-state index is 0.343. The molecule has 1 aliphatic rings. The van der Waals surface area contributed by atoms with E-state index in [4.69, 9.17) is 15.7 Å². The molecular weight excluding hydrogens is 238 g/mol. The molecule has 1 heterocycles. The van der Waals surface area contributed by atoms with E-state index in [0.29, 0.717) is 24.1 Å². The van der Waals surface area contributed by atoms with Crippen LogP contribution in [0.5, 0.6) is 5.75 Å². The van der Waals surface area contributed by atoms with Gasteiger partial charge in [-0.1, -0.05) is 6.92 Å². The molecule has 0 aliphatic carbocycles. The fourth-order valence-corrected chi connectivity index (χ4v) is 2.37. The molecule has 2 unspecified atom stereocenters. The van der Waals surface area contributed by atoms with Crippen molar-refractivity contribution in [3.05, 3.63) is 29.8 Å². The molecule has 4 heteroatoms. The van der Waals surface area contributed by atoms with Crippen molar-refractivity contribution in [1.29, 1.82) is 5.26 Å². The fraction of sp³-hybridized carbons (Fsp3) is 0.533. The van der Waals surface area contributed by atoms with Crippen LogP contribution < -0.4 is 10.5 Å². The van der Waals surface area contributed by atoms with Gasteiger partial charge in [0, 0.05) is 19.1 Å². The van der Waals surface area contributed by atoms with Gasteiger partial charge in [-0.25, -0.2) is 0 Å². The van der Waals surface area contributed by atoms with Crippen molar-refractivity contribution in [3.63, 3.8) is 0 Å². The first-order valence-corrected chi connectivity index (χ1v) is 6.80. The van der Waals surface area contributed by atoms with Crippen molar-refractivity contribution < 1.29 is 4.74 Å². The quantitative estimate of drug-likeness (QED) is 0.892. The van der Waals surface area contributed by atoms with Gasteiger partial charge in [-0.2, -0.15) is 5.26 Å². The summed E-state index contributed by atoms with van der Waals surface area (Å²) in [7, 11) is 0. The van der Waals surface area contributed by atoms with Crippen LogP contribution in [0.15, 0.2) is 24.3 Å². The fourth-order valence-electron chi connectivity index (χ4n) is 2.37. The summed E-state index contributed by atoms with van der Waals surface area (Å²) in [4.78, 5) is 2.40. The first-order chi connectivity index (χ1) is 9.19. The summed E-state index contributed by atoms with van der Waals surface area (Å²) in [6.45, 7) is 5.92. The molecule has 1 fully saturated rings. The van der Waals surface area contributed by atoms with Crippen molar-refractivity contribution in [2.45, 2.75) is 19.4 Å². The molecule has 0 saturated carbocycles. The van der Waals surface area contributed by atoms with E-state index in [1.54, 1.807) is 12.1 Å². The summed E-state index contributed by atoms with van der Waals surface area (Å²) in [5.74, 6) is 1.38. The van der Waals surface area contributed by atoms with E-state index in [9.17, 15) is 0 Å². The van der Waals surface area contributed by atoms with E-state index in [1.165, 1.54) is 0 Å². The van der Waals surface area contributed by atoms with Gasteiger partial charge in [-0.05, 0) is 43.1 Å². The molecule has 0 bridgehead atoms. The number of nitrogens with zero attached hydrogens (tertiary/aromatic N) is 2. The summed E-state index contributed by atoms with van der Waals surface area (Å²) < 4.78 is 5.69. The van der Waals surface area contributed by atoms with E-state index in [0.717, 1.165) is 31.8 Å². The summed E-state index contributed by atoms with van der Waals surface area (Å²) in [6.07, 6.45) is 1.07. The lowest BCUT2D eigenvalue weighted by Gasteiger charge is -2.34. The van der Waals surface area contributed by atoms with Crippen LogP contribution in [0.2, 0.25) is 0 Å². The zero-order valence-electron chi connectivity index (χ0n) is 11.4. The highest BCUT2D eigenvalue weighted by Crippen LogP contribution is 2.15. The molecule has 1 saturated heterocycles. The molecule has 102 valence electrons. The Bertz CT molecular complexity index is 438. The largest absolute Gasteiger partial charge is 0.492 e. The molecule has 0 spiro atoms. The normalized spacial score (nSPS) is 23.8. The first kappa shape index (κ1) is 13.9. The molecule has 2 N–H and O–H groups in total. The maximum absolute atomic E-state index is 8.71. The minimum Gasteiger partial charge on any atom is -0.492 e. The van der Waals surface area contributed by atoms with Gasteiger partial charge >= 0.3 is 0 Å². The standard InChI is InChI=1S/C15H21N3O/c1-12-11-18(7-6-15(12)17)8-9-19-14-4-2-13(10-16)3-5-14/h2-5,12,15H,6-9,11,17H2,1H3. The number of ether oxygens (including phenoxy) is 1. The smallest absolute Gasteiger partial charge is 0.119 e. The predicted molar refractivity (Wildman–Crippen MR) is 74.8 cm³/mol. The monoisotopic (exact) mass is 259 g/mol. The Morgan fingerprint density at radius 2 is 2.16 bits per heavy atom. The third-order valence-electron chi connectivity index (χ3n) is 3.72. The lowest BCUT2D eigenvalue weighted by molar-refractivity contribution is 0.140. The molecule has 2 rings (SSSR count). The molecule has 19 heavy (non-hydrogen) atoms. The Hall–Kier alpha value is -1.57. The van der Waals surface area contributed by atoms with Crippen molar-refractivity contribution in [3.8, 4) is 11.8 Å². The maximum atomic E-state index is 8.71. The van der Waals surface area contributed by atoms with Crippen LogP contribution in [0, 0.1) is 17.2 Å². The van der Waals surface area contributed by atoms with Crippen molar-refractivity contribution >= 4 is 0 Å². The molecule has 1 aliphatic heterocycles. The lowest BCUT2D eigenvalue weighted by Crippen LogP contribution is -2.46. The van der Waals surface area contributed by atoms with Crippen LogP contribution in [-0.4, -0.2) is 37.2 Å². The number of likely N-dealkylation sites (tertiary alicyclic amines) is 1. The number of hydrogen-bond donors (Lipinski definition) is 1. The van der Waals surface area contributed by atoms with E-state index in [1.807, 2.05) is 12.1 Å². The summed E-state index contributed by atoms with van der Waals surface area (Å²) in [5, 5.41) is 8.71. The topological polar surface area (TPSA) is 62.3 Å². The second kappa shape index (κ2) is 6.55. The van der Waals surface area contributed by atoms with E-state index in [2.05, 4.69) is 17.9 Å². The molecule has 0 aromatic heterocycles. The molecule has 1 aromatic rings. The number of rotatable bonds is 4. The Kier molecular flexibility index (Phi) is 4.78. The second-order valence-electron chi connectivity index (χ2n) is 5.22. The highest BCUT2D eigenvalue weighted by atomic mass is 16.5. The highest BCUT2D eigenvalue weighted by Gasteiger charge is 2.22. The lowest BCUT2D eigenvalue weighted by atomic mass is 9.95. The summed E-state index contributed by atoms with van der Waals surface area (Å²) >= 11 is 0. The number of hydrogen-bond acceptors (Lipinski definition) is 4. The number of piperidine rings is 1. The number of nitrogens with two attached hydrogens (primary N) is 1. The van der Waals surface area contributed by atoms with Crippen LogP contribution in [0.3, 0.4) is 0 Å². The highest BCUT2D eigenvalue weighted by molar-refractivity contribution is 5.34. The molecule has 0 radical (unpaired) electrons. The van der Waals surface area contributed by atoms with E-state index >= 15 is 0 Å². The molecular formula is C15H21N3O. The molecule has 2 atom stereocenters. The minimum absolute atomic E-state index is 0.343. The molecule has 1 aromatic carbocycles. The van der Waals surface area contributed by atoms with Crippen LogP contribution in [-0.2, 0) is 0 Å². The molecule has 4 nitrogen and oxygen atoms in total. The molecule has 0 amide bonds. The van der Waals surface area contributed by atoms with E-state index < -0.39 is 0 Å². The van der Waals surface area contributed by atoms with Crippen LogP contribution in [0.4, 0.5) is 0 Å². The number of benzene rings is 1. The van der Waals surface area contributed by atoms with Crippen molar-refractivity contribution in [2.24, 2.45) is 11.7 Å².